The largest absolute Gasteiger partial charge is 0.277 e. The highest BCUT2D eigenvalue weighted by molar-refractivity contribution is 6.22. The summed E-state index contributed by atoms with van der Waals surface area (Å²) in [6, 6.07) is 3.98. The minimum Gasteiger partial charge on any atom is -0.277 e. The molecule has 0 unspecified atom stereocenters. The first-order valence-electron chi connectivity index (χ1n) is 14.3. The Morgan fingerprint density at radius 3 is 0.929 bits per heavy atom. The molecule has 2 aromatic carbocycles. The van der Waals surface area contributed by atoms with Crippen molar-refractivity contribution in [3.05, 3.63) is 86.9 Å². The maximum Gasteiger partial charge on any atom is 0.261 e. The number of hydrogen-bond donors (Lipinski definition) is 0. The molecule has 0 aliphatic carbocycles. The highest BCUT2D eigenvalue weighted by Gasteiger charge is 2.38. The minimum atomic E-state index is -0.404. The number of carbonyl (C=O) groups excluding carboxylic acids is 2. The van der Waals surface area contributed by atoms with Crippen LogP contribution in [0.5, 0.6) is 0 Å². The molecule has 0 saturated carbocycles. The van der Waals surface area contributed by atoms with Gasteiger partial charge in [0, 0.05) is 21.1 Å². The molecule has 3 heterocycles. The molecule has 222 valence electrons. The molecule has 0 N–H and O–H groups in total. The fraction of sp³-hybridized carbons (Fsp3) is 0.455. The van der Waals surface area contributed by atoms with Gasteiger partial charge in [-0.25, -0.2) is 0 Å². The van der Waals surface area contributed by atoms with Crippen molar-refractivity contribution in [1.82, 2.24) is 14.0 Å². The average Bonchev–Trinajstić information content (AvgIpc) is 3.39. The van der Waals surface area contributed by atoms with Gasteiger partial charge in [0.1, 0.15) is 0 Å². The smallest absolute Gasteiger partial charge is 0.261 e. The second kappa shape index (κ2) is 10.6. The number of carbonyl (C=O) groups is 2. The van der Waals surface area contributed by atoms with Crippen molar-refractivity contribution in [3.8, 4) is 0 Å². The van der Waals surface area contributed by atoms with E-state index in [0.717, 1.165) is 20.3 Å². The number of benzene rings is 2. The van der Waals surface area contributed by atoms with E-state index in [-0.39, 0.29) is 57.0 Å². The van der Waals surface area contributed by atoms with Gasteiger partial charge in [-0.1, -0.05) is 67.5 Å². The predicted molar refractivity (Wildman–Crippen MR) is 166 cm³/mol. The summed E-state index contributed by atoms with van der Waals surface area (Å²) in [6.45, 7) is 15.6. The number of hydrogen-bond acceptors (Lipinski definition) is 6. The van der Waals surface area contributed by atoms with Crippen LogP contribution >= 0.6 is 0 Å². The Labute approximate surface area is 244 Å². The van der Waals surface area contributed by atoms with E-state index in [1.807, 2.05) is 67.5 Å². The third kappa shape index (κ3) is 4.28. The Hall–Kier alpha value is -4.14. The Morgan fingerprint density at radius 2 is 0.714 bits per heavy atom. The molecule has 1 aliphatic rings. The summed E-state index contributed by atoms with van der Waals surface area (Å²) in [4.78, 5) is 76.3. The van der Waals surface area contributed by atoms with Crippen LogP contribution in [-0.4, -0.2) is 32.9 Å². The lowest BCUT2D eigenvalue weighted by Crippen LogP contribution is -2.24. The van der Waals surface area contributed by atoms with Crippen LogP contribution in [0.25, 0.3) is 21.5 Å². The highest BCUT2D eigenvalue weighted by atomic mass is 16.2. The zero-order chi connectivity index (χ0) is 31.7. The molecular weight excluding hydrogens is 534 g/mol. The van der Waals surface area contributed by atoms with E-state index in [1.165, 1.54) is 19.0 Å². The van der Waals surface area contributed by atoms with Gasteiger partial charge in [0.2, 0.25) is 0 Å². The molecule has 0 fully saturated rings. The summed E-state index contributed by atoms with van der Waals surface area (Å²) >= 11 is 0. The lowest BCUT2D eigenvalue weighted by molar-refractivity contribution is 0.0692. The summed E-state index contributed by atoms with van der Waals surface area (Å²) in [5, 5.41) is 1.15. The Kier molecular flexibility index (Phi) is 7.78. The van der Waals surface area contributed by atoms with E-state index >= 15 is 0 Å². The predicted octanol–water partition coefficient (Wildman–Crippen LogP) is 4.39. The summed E-state index contributed by atoms with van der Waals surface area (Å²) in [5.74, 6) is -0.186. The van der Waals surface area contributed by atoms with E-state index in [9.17, 15) is 28.8 Å². The average molecular weight is 574 g/mol. The standard InChI is InChI=1S/C18H20N2O4.C15H19NO2/c1-7(2)9-11-13(17(23)19(5)15(11)21)10(8(3)4)14-12(9)16(22)20(6)18(14)24;1-8(2)10-6-7-11(9(3)4)13-12(10)14(17)16(5)15(13)18/h7-8H,1-6H3;6-9H,1-5H3. The maximum atomic E-state index is 12.7. The van der Waals surface area contributed by atoms with Gasteiger partial charge in [-0.15, -0.1) is 0 Å². The van der Waals surface area contributed by atoms with Gasteiger partial charge in [-0.3, -0.25) is 42.8 Å². The molecule has 0 saturated heterocycles. The number of nitrogens with zero attached hydrogens (tertiary/aromatic N) is 3. The van der Waals surface area contributed by atoms with Crippen molar-refractivity contribution < 1.29 is 9.59 Å². The van der Waals surface area contributed by atoms with E-state index in [2.05, 4.69) is 0 Å². The molecule has 0 spiro atoms. The molecule has 9 nitrogen and oxygen atoms in total. The summed E-state index contributed by atoms with van der Waals surface area (Å²) in [7, 11) is 4.42. The maximum absolute atomic E-state index is 12.7. The number of fused-ring (bicyclic) bond motifs is 3. The number of rotatable bonds is 4. The summed E-state index contributed by atoms with van der Waals surface area (Å²) in [5.41, 5.74) is 2.57. The number of aromatic nitrogens is 2. The first kappa shape index (κ1) is 30.8. The zero-order valence-electron chi connectivity index (χ0n) is 26.3. The van der Waals surface area contributed by atoms with E-state index in [0.29, 0.717) is 22.3 Å². The molecule has 9 heteroatoms. The van der Waals surface area contributed by atoms with Crippen molar-refractivity contribution in [2.75, 3.05) is 7.05 Å². The van der Waals surface area contributed by atoms with Crippen LogP contribution in [-0.2, 0) is 14.1 Å². The van der Waals surface area contributed by atoms with Crippen LogP contribution in [0.3, 0.4) is 0 Å². The third-order valence-corrected chi connectivity index (χ3v) is 8.36. The lowest BCUT2D eigenvalue weighted by atomic mass is 9.87. The number of imide groups is 1. The fourth-order valence-corrected chi connectivity index (χ4v) is 6.17. The van der Waals surface area contributed by atoms with Gasteiger partial charge in [0.15, 0.2) is 0 Å². The quantitative estimate of drug-likeness (QED) is 0.335. The van der Waals surface area contributed by atoms with Crippen molar-refractivity contribution in [3.63, 3.8) is 0 Å². The van der Waals surface area contributed by atoms with Crippen LogP contribution in [0.15, 0.2) is 31.3 Å². The Balaban J connectivity index is 0.000000201. The molecule has 0 bridgehead atoms. The van der Waals surface area contributed by atoms with Gasteiger partial charge >= 0.3 is 0 Å². The fourth-order valence-electron chi connectivity index (χ4n) is 6.17. The molecule has 5 rings (SSSR count). The van der Waals surface area contributed by atoms with Gasteiger partial charge in [-0.05, 0) is 45.9 Å². The summed E-state index contributed by atoms with van der Waals surface area (Å²) in [6.07, 6.45) is 0. The Bertz CT molecular complexity index is 1770. The first-order valence-corrected chi connectivity index (χ1v) is 14.3. The zero-order valence-corrected chi connectivity index (χ0v) is 26.3. The second-order valence-corrected chi connectivity index (χ2v) is 12.4. The molecular formula is C33H39N3O6. The monoisotopic (exact) mass is 573 g/mol. The van der Waals surface area contributed by atoms with Crippen molar-refractivity contribution in [2.24, 2.45) is 14.1 Å². The highest BCUT2D eigenvalue weighted by Crippen LogP contribution is 2.36. The van der Waals surface area contributed by atoms with Gasteiger partial charge in [0.05, 0.1) is 32.7 Å². The van der Waals surface area contributed by atoms with Crippen LogP contribution in [0.2, 0.25) is 0 Å². The lowest BCUT2D eigenvalue weighted by Gasteiger charge is -2.14. The minimum absolute atomic E-state index is 0.166. The Morgan fingerprint density at radius 1 is 0.452 bits per heavy atom. The molecule has 4 aromatic rings. The van der Waals surface area contributed by atoms with Gasteiger partial charge in [0.25, 0.3) is 34.1 Å². The number of amides is 2. The van der Waals surface area contributed by atoms with E-state index in [4.69, 9.17) is 0 Å². The first-order chi connectivity index (χ1) is 19.5. The van der Waals surface area contributed by atoms with Crippen LogP contribution in [0.4, 0.5) is 0 Å². The second-order valence-electron chi connectivity index (χ2n) is 12.4. The molecule has 2 amide bonds. The topological polar surface area (TPSA) is 116 Å². The normalized spacial score (nSPS) is 13.5. The van der Waals surface area contributed by atoms with Gasteiger partial charge in [-0.2, -0.15) is 0 Å². The molecule has 1 aliphatic heterocycles. The SMILES string of the molecule is CC(C)c1c2c(=O)n(C)c(=O)c2c(C(C)C)c2c(=O)n(C)c(=O)c12.CC(C)c1ccc(C(C)C)c2c1C(=O)N(C)C2=O. The van der Waals surface area contributed by atoms with Crippen molar-refractivity contribution >= 4 is 33.4 Å². The molecule has 2 aromatic heterocycles. The summed E-state index contributed by atoms with van der Waals surface area (Å²) < 4.78 is 2.13. The van der Waals surface area contributed by atoms with Crippen LogP contribution in [0, 0.1) is 0 Å². The van der Waals surface area contributed by atoms with Crippen LogP contribution < -0.4 is 22.2 Å². The van der Waals surface area contributed by atoms with Crippen molar-refractivity contribution in [1.29, 1.82) is 0 Å². The molecule has 0 radical (unpaired) electrons. The van der Waals surface area contributed by atoms with Gasteiger partial charge < -0.3 is 0 Å². The third-order valence-electron chi connectivity index (χ3n) is 8.36. The van der Waals surface area contributed by atoms with Crippen molar-refractivity contribution in [2.45, 2.75) is 79.1 Å². The van der Waals surface area contributed by atoms with Crippen LogP contribution in [0.1, 0.15) is 122 Å². The van der Waals surface area contributed by atoms with E-state index in [1.54, 1.807) is 7.05 Å². The molecule has 0 atom stereocenters. The van der Waals surface area contributed by atoms with E-state index < -0.39 is 22.2 Å². The molecule has 42 heavy (non-hydrogen) atoms.